The molecule has 1 saturated heterocycles. The monoisotopic (exact) mass is 254 g/mol. The number of nitrogen functional groups attached to an aromatic ring is 1. The zero-order chi connectivity index (χ0) is 12.6. The lowest BCUT2D eigenvalue weighted by molar-refractivity contribution is 0.100. The van der Waals surface area contributed by atoms with Crippen molar-refractivity contribution in [1.82, 2.24) is 4.37 Å². The van der Waals surface area contributed by atoms with Gasteiger partial charge < -0.3 is 16.4 Å². The Labute approximate surface area is 105 Å². The summed E-state index contributed by atoms with van der Waals surface area (Å²) in [6, 6.07) is 0.452. The SMILES string of the molecule is CC(C)C1CCCN1c1snc(N)c1C(N)=O. The van der Waals surface area contributed by atoms with Gasteiger partial charge in [-0.2, -0.15) is 4.37 Å². The maximum Gasteiger partial charge on any atom is 0.255 e. The summed E-state index contributed by atoms with van der Waals surface area (Å²) < 4.78 is 4.05. The highest BCUT2D eigenvalue weighted by Crippen LogP contribution is 2.37. The van der Waals surface area contributed by atoms with Crippen LogP contribution in [0.25, 0.3) is 0 Å². The van der Waals surface area contributed by atoms with Gasteiger partial charge in [-0.15, -0.1) is 0 Å². The maximum atomic E-state index is 11.4. The highest BCUT2D eigenvalue weighted by Gasteiger charge is 2.32. The highest BCUT2D eigenvalue weighted by molar-refractivity contribution is 7.11. The predicted octanol–water partition coefficient (Wildman–Crippen LogP) is 1.45. The number of carbonyl (C=O) groups excluding carboxylic acids is 1. The zero-order valence-corrected chi connectivity index (χ0v) is 11.0. The molecule has 5 nitrogen and oxygen atoms in total. The van der Waals surface area contributed by atoms with Crippen molar-refractivity contribution >= 4 is 28.3 Å². The molecule has 94 valence electrons. The van der Waals surface area contributed by atoms with Crippen LogP contribution < -0.4 is 16.4 Å². The quantitative estimate of drug-likeness (QED) is 0.855. The van der Waals surface area contributed by atoms with Crippen LogP contribution in [0.15, 0.2) is 0 Å². The largest absolute Gasteiger partial charge is 0.382 e. The Morgan fingerprint density at radius 2 is 2.29 bits per heavy atom. The number of nitrogens with zero attached hydrogens (tertiary/aromatic N) is 2. The van der Waals surface area contributed by atoms with Gasteiger partial charge in [-0.1, -0.05) is 13.8 Å². The van der Waals surface area contributed by atoms with E-state index in [-0.39, 0.29) is 5.82 Å². The number of anilines is 2. The first-order valence-electron chi connectivity index (χ1n) is 5.84. The van der Waals surface area contributed by atoms with Crippen LogP contribution in [0.4, 0.5) is 10.8 Å². The summed E-state index contributed by atoms with van der Waals surface area (Å²) in [6.07, 6.45) is 2.28. The number of nitrogens with two attached hydrogens (primary N) is 2. The Balaban J connectivity index is 2.37. The number of primary amides is 1. The second kappa shape index (κ2) is 4.52. The molecule has 1 aromatic rings. The lowest BCUT2D eigenvalue weighted by Gasteiger charge is -2.28. The molecule has 2 rings (SSSR count). The topological polar surface area (TPSA) is 85.2 Å². The van der Waals surface area contributed by atoms with Crippen LogP contribution in [-0.2, 0) is 0 Å². The van der Waals surface area contributed by atoms with E-state index in [0.29, 0.717) is 17.5 Å². The van der Waals surface area contributed by atoms with E-state index in [1.807, 2.05) is 0 Å². The molecule has 1 aromatic heterocycles. The molecule has 1 aliphatic heterocycles. The van der Waals surface area contributed by atoms with Gasteiger partial charge in [0.05, 0.1) is 0 Å². The van der Waals surface area contributed by atoms with Gasteiger partial charge in [0.2, 0.25) is 0 Å². The van der Waals surface area contributed by atoms with E-state index in [1.165, 1.54) is 11.5 Å². The second-order valence-corrected chi connectivity index (χ2v) is 5.51. The predicted molar refractivity (Wildman–Crippen MR) is 70.3 cm³/mol. The number of carbonyl (C=O) groups is 1. The molecule has 4 N–H and O–H groups in total. The lowest BCUT2D eigenvalue weighted by atomic mass is 10.0. The van der Waals surface area contributed by atoms with Crippen LogP contribution >= 0.6 is 11.5 Å². The third-order valence-corrected chi connectivity index (χ3v) is 4.18. The van der Waals surface area contributed by atoms with Gasteiger partial charge in [-0.05, 0) is 30.3 Å². The third-order valence-electron chi connectivity index (χ3n) is 3.28. The third kappa shape index (κ3) is 2.09. The van der Waals surface area contributed by atoms with Gasteiger partial charge in [0.15, 0.2) is 5.82 Å². The summed E-state index contributed by atoms with van der Waals surface area (Å²) in [6.45, 7) is 5.33. The molecule has 1 amide bonds. The molecule has 17 heavy (non-hydrogen) atoms. The molecule has 0 saturated carbocycles. The molecule has 1 aliphatic rings. The number of hydrogen-bond donors (Lipinski definition) is 2. The normalized spacial score (nSPS) is 20.2. The lowest BCUT2D eigenvalue weighted by Crippen LogP contribution is -2.34. The van der Waals surface area contributed by atoms with Crippen molar-refractivity contribution in [3.63, 3.8) is 0 Å². The first-order valence-corrected chi connectivity index (χ1v) is 6.61. The molecule has 0 aromatic carbocycles. The Kier molecular flexibility index (Phi) is 3.24. The summed E-state index contributed by atoms with van der Waals surface area (Å²) in [5, 5.41) is 0.839. The van der Waals surface area contributed by atoms with Crippen molar-refractivity contribution in [2.24, 2.45) is 11.7 Å². The fourth-order valence-corrected chi connectivity index (χ4v) is 3.36. The van der Waals surface area contributed by atoms with E-state index in [0.717, 1.165) is 24.4 Å². The van der Waals surface area contributed by atoms with E-state index < -0.39 is 5.91 Å². The van der Waals surface area contributed by atoms with Crippen LogP contribution in [-0.4, -0.2) is 22.9 Å². The van der Waals surface area contributed by atoms with Crippen LogP contribution in [0, 0.1) is 5.92 Å². The second-order valence-electron chi connectivity index (χ2n) is 4.76. The molecule has 0 aliphatic carbocycles. The Bertz CT molecular complexity index is 429. The minimum Gasteiger partial charge on any atom is -0.382 e. The van der Waals surface area contributed by atoms with E-state index in [4.69, 9.17) is 11.5 Å². The average Bonchev–Trinajstić information content (AvgIpc) is 2.82. The standard InChI is InChI=1S/C11H18N4OS/c1-6(2)7-4-3-5-15(7)11-8(10(13)16)9(12)14-17-11/h6-7H,3-5H2,1-2H3,(H2,12,14)(H2,13,16). The van der Waals surface area contributed by atoms with Gasteiger partial charge in [0, 0.05) is 12.6 Å². The van der Waals surface area contributed by atoms with Gasteiger partial charge in [-0.3, -0.25) is 4.79 Å². The van der Waals surface area contributed by atoms with Crippen molar-refractivity contribution < 1.29 is 4.79 Å². The number of amides is 1. The number of aromatic nitrogens is 1. The average molecular weight is 254 g/mol. The van der Waals surface area contributed by atoms with Crippen molar-refractivity contribution in [2.75, 3.05) is 17.2 Å². The molecule has 0 spiro atoms. The van der Waals surface area contributed by atoms with Crippen molar-refractivity contribution in [1.29, 1.82) is 0 Å². The Morgan fingerprint density at radius 3 is 2.88 bits per heavy atom. The smallest absolute Gasteiger partial charge is 0.255 e. The van der Waals surface area contributed by atoms with Crippen LogP contribution in [0.5, 0.6) is 0 Å². The number of rotatable bonds is 3. The highest BCUT2D eigenvalue weighted by atomic mass is 32.1. The molecule has 6 heteroatoms. The summed E-state index contributed by atoms with van der Waals surface area (Å²) in [4.78, 5) is 13.7. The molecule has 1 fully saturated rings. The summed E-state index contributed by atoms with van der Waals surface area (Å²) in [7, 11) is 0. The fraction of sp³-hybridized carbons (Fsp3) is 0.636. The van der Waals surface area contributed by atoms with E-state index >= 15 is 0 Å². The van der Waals surface area contributed by atoms with E-state index in [9.17, 15) is 4.79 Å². The van der Waals surface area contributed by atoms with Gasteiger partial charge in [0.25, 0.3) is 5.91 Å². The van der Waals surface area contributed by atoms with E-state index in [1.54, 1.807) is 0 Å². The minimum absolute atomic E-state index is 0.256. The maximum absolute atomic E-state index is 11.4. The molecule has 2 heterocycles. The summed E-state index contributed by atoms with van der Waals surface area (Å²) in [5.41, 5.74) is 11.5. The van der Waals surface area contributed by atoms with Gasteiger partial charge in [0.1, 0.15) is 10.6 Å². The molecule has 1 unspecified atom stereocenters. The van der Waals surface area contributed by atoms with Gasteiger partial charge >= 0.3 is 0 Å². The van der Waals surface area contributed by atoms with E-state index in [2.05, 4.69) is 23.1 Å². The van der Waals surface area contributed by atoms with Crippen molar-refractivity contribution in [3.05, 3.63) is 5.56 Å². The zero-order valence-electron chi connectivity index (χ0n) is 10.1. The first kappa shape index (κ1) is 12.2. The van der Waals surface area contributed by atoms with Crippen molar-refractivity contribution in [2.45, 2.75) is 32.7 Å². The van der Waals surface area contributed by atoms with Crippen LogP contribution in [0.1, 0.15) is 37.0 Å². The first-order chi connectivity index (χ1) is 8.02. The molecular formula is C11H18N4OS. The van der Waals surface area contributed by atoms with Gasteiger partial charge in [-0.25, -0.2) is 0 Å². The molecule has 1 atom stereocenters. The fourth-order valence-electron chi connectivity index (χ4n) is 2.46. The molecule has 0 bridgehead atoms. The minimum atomic E-state index is -0.486. The Morgan fingerprint density at radius 1 is 1.59 bits per heavy atom. The van der Waals surface area contributed by atoms with Crippen LogP contribution in [0.3, 0.4) is 0 Å². The summed E-state index contributed by atoms with van der Waals surface area (Å²) >= 11 is 1.27. The Hall–Kier alpha value is -1.30. The number of hydrogen-bond acceptors (Lipinski definition) is 5. The summed E-state index contributed by atoms with van der Waals surface area (Å²) in [5.74, 6) is 0.314. The molecule has 0 radical (unpaired) electrons. The van der Waals surface area contributed by atoms with Crippen LogP contribution in [0.2, 0.25) is 0 Å². The molecular weight excluding hydrogens is 236 g/mol. The van der Waals surface area contributed by atoms with Crippen molar-refractivity contribution in [3.8, 4) is 0 Å².